The summed E-state index contributed by atoms with van der Waals surface area (Å²) < 4.78 is 24.8. The molecule has 0 amide bonds. The Kier molecular flexibility index (Phi) is 3.87. The van der Waals surface area contributed by atoms with Crippen molar-refractivity contribution >= 4 is 10.8 Å². The van der Waals surface area contributed by atoms with E-state index in [1.165, 1.54) is 6.07 Å². The largest absolute Gasteiger partial charge is 0.297 e. The molecule has 1 aliphatic rings. The fourth-order valence-electron chi connectivity index (χ4n) is 1.82. The lowest BCUT2D eigenvalue weighted by Crippen LogP contribution is -2.37. The van der Waals surface area contributed by atoms with Crippen molar-refractivity contribution < 1.29 is 8.60 Å². The van der Waals surface area contributed by atoms with Crippen LogP contribution in [-0.2, 0) is 17.3 Å². The second-order valence-electron chi connectivity index (χ2n) is 4.04. The van der Waals surface area contributed by atoms with E-state index >= 15 is 0 Å². The van der Waals surface area contributed by atoms with E-state index in [0.29, 0.717) is 29.2 Å². The van der Waals surface area contributed by atoms with Crippen molar-refractivity contribution in [2.24, 2.45) is 0 Å². The Morgan fingerprint density at radius 1 is 1.41 bits per heavy atom. The average molecular weight is 252 g/mol. The predicted octanol–water partition coefficient (Wildman–Crippen LogP) is 1.26. The quantitative estimate of drug-likeness (QED) is 0.796. The van der Waals surface area contributed by atoms with Gasteiger partial charge in [0, 0.05) is 47.5 Å². The number of rotatable bonds is 2. The third-order valence-electron chi connectivity index (χ3n) is 2.85. The molecule has 1 aliphatic heterocycles. The Morgan fingerprint density at radius 3 is 2.71 bits per heavy atom. The molecule has 1 aromatic carbocycles. The zero-order valence-corrected chi connectivity index (χ0v) is 10.2. The second kappa shape index (κ2) is 5.39. The molecule has 1 aromatic rings. The maximum atomic E-state index is 13.6. The van der Waals surface area contributed by atoms with Gasteiger partial charge in [0.15, 0.2) is 0 Å². The summed E-state index contributed by atoms with van der Waals surface area (Å²) in [7, 11) is -0.708. The summed E-state index contributed by atoms with van der Waals surface area (Å²) in [5, 5.41) is 8.64. The van der Waals surface area contributed by atoms with Gasteiger partial charge in [-0.1, -0.05) is 6.07 Å². The Balaban J connectivity index is 2.04. The van der Waals surface area contributed by atoms with E-state index in [2.05, 4.69) is 4.90 Å². The molecule has 0 spiro atoms. The van der Waals surface area contributed by atoms with Crippen molar-refractivity contribution in [3.05, 3.63) is 35.1 Å². The number of nitrogens with zero attached hydrogens (tertiary/aromatic N) is 2. The van der Waals surface area contributed by atoms with Gasteiger partial charge in [0.1, 0.15) is 5.82 Å². The summed E-state index contributed by atoms with van der Waals surface area (Å²) in [5.41, 5.74) is 0.933. The van der Waals surface area contributed by atoms with Crippen LogP contribution in [0.25, 0.3) is 0 Å². The standard InChI is InChI=1S/C12H13FN2OS/c13-12-7-10(8-14)1-2-11(12)9-15-3-5-17(16)6-4-15/h1-2,7H,3-6,9H2. The molecule has 0 aromatic heterocycles. The fourth-order valence-corrected chi connectivity index (χ4v) is 2.95. The highest BCUT2D eigenvalue weighted by atomic mass is 32.2. The summed E-state index contributed by atoms with van der Waals surface area (Å²) in [6, 6.07) is 6.45. The van der Waals surface area contributed by atoms with Crippen molar-refractivity contribution in [1.82, 2.24) is 4.90 Å². The van der Waals surface area contributed by atoms with Gasteiger partial charge in [-0.2, -0.15) is 5.26 Å². The number of hydrogen-bond donors (Lipinski definition) is 0. The Bertz CT molecular complexity index is 474. The molecule has 3 nitrogen and oxygen atoms in total. The topological polar surface area (TPSA) is 44.1 Å². The van der Waals surface area contributed by atoms with Crippen LogP contribution in [-0.4, -0.2) is 33.7 Å². The maximum absolute atomic E-state index is 13.6. The molecule has 1 heterocycles. The highest BCUT2D eigenvalue weighted by Gasteiger charge is 2.16. The smallest absolute Gasteiger partial charge is 0.129 e. The van der Waals surface area contributed by atoms with Gasteiger partial charge in [0.25, 0.3) is 0 Å². The second-order valence-corrected chi connectivity index (χ2v) is 5.74. The molecule has 0 saturated carbocycles. The van der Waals surface area contributed by atoms with Crippen LogP contribution in [0.4, 0.5) is 4.39 Å². The Hall–Kier alpha value is -1.25. The van der Waals surface area contributed by atoms with Crippen LogP contribution in [0.2, 0.25) is 0 Å². The zero-order chi connectivity index (χ0) is 12.3. The van der Waals surface area contributed by atoms with Crippen LogP contribution < -0.4 is 0 Å². The van der Waals surface area contributed by atoms with Crippen LogP contribution in [0.15, 0.2) is 18.2 Å². The van der Waals surface area contributed by atoms with E-state index in [1.807, 2.05) is 6.07 Å². The normalized spacial score (nSPS) is 17.9. The van der Waals surface area contributed by atoms with Crippen LogP contribution in [0.3, 0.4) is 0 Å². The monoisotopic (exact) mass is 252 g/mol. The average Bonchev–Trinajstić information content (AvgIpc) is 2.34. The predicted molar refractivity (Wildman–Crippen MR) is 64.3 cm³/mol. The lowest BCUT2D eigenvalue weighted by atomic mass is 10.1. The lowest BCUT2D eigenvalue weighted by Gasteiger charge is -2.26. The Labute approximate surface area is 102 Å². The summed E-state index contributed by atoms with van der Waals surface area (Å²) in [5.74, 6) is 0.992. The molecule has 1 fully saturated rings. The van der Waals surface area contributed by atoms with Crippen molar-refractivity contribution in [3.63, 3.8) is 0 Å². The third kappa shape index (κ3) is 3.11. The number of hydrogen-bond acceptors (Lipinski definition) is 3. The van der Waals surface area contributed by atoms with E-state index in [1.54, 1.807) is 12.1 Å². The van der Waals surface area contributed by atoms with E-state index in [4.69, 9.17) is 5.26 Å². The van der Waals surface area contributed by atoms with Gasteiger partial charge in [-0.3, -0.25) is 9.11 Å². The van der Waals surface area contributed by atoms with E-state index in [0.717, 1.165) is 13.1 Å². The first kappa shape index (κ1) is 12.2. The van der Waals surface area contributed by atoms with Gasteiger partial charge in [-0.15, -0.1) is 0 Å². The summed E-state index contributed by atoms with van der Waals surface area (Å²) in [6.07, 6.45) is 0. The molecule has 0 atom stereocenters. The maximum Gasteiger partial charge on any atom is 0.129 e. The molecular formula is C12H13FN2OS. The summed E-state index contributed by atoms with van der Waals surface area (Å²) >= 11 is 0. The first-order valence-electron chi connectivity index (χ1n) is 5.45. The van der Waals surface area contributed by atoms with Gasteiger partial charge in [-0.25, -0.2) is 4.39 Å². The molecule has 0 unspecified atom stereocenters. The van der Waals surface area contributed by atoms with Crippen molar-refractivity contribution in [2.75, 3.05) is 24.6 Å². The van der Waals surface area contributed by atoms with Gasteiger partial charge >= 0.3 is 0 Å². The first-order chi connectivity index (χ1) is 8.19. The molecule has 17 heavy (non-hydrogen) atoms. The molecule has 0 aliphatic carbocycles. The van der Waals surface area contributed by atoms with Crippen molar-refractivity contribution in [3.8, 4) is 6.07 Å². The number of nitriles is 1. The Morgan fingerprint density at radius 2 is 2.12 bits per heavy atom. The highest BCUT2D eigenvalue weighted by molar-refractivity contribution is 7.85. The van der Waals surface area contributed by atoms with E-state index < -0.39 is 10.8 Å². The molecule has 5 heteroatoms. The van der Waals surface area contributed by atoms with Crippen LogP contribution in [0, 0.1) is 17.1 Å². The number of benzene rings is 1. The summed E-state index contributed by atoms with van der Waals surface area (Å²) in [4.78, 5) is 2.09. The molecular weight excluding hydrogens is 239 g/mol. The SMILES string of the molecule is N#Cc1ccc(CN2CCS(=O)CC2)c(F)c1. The fraction of sp³-hybridized carbons (Fsp3) is 0.417. The van der Waals surface area contributed by atoms with E-state index in [-0.39, 0.29) is 5.82 Å². The first-order valence-corrected chi connectivity index (χ1v) is 6.93. The van der Waals surface area contributed by atoms with Crippen molar-refractivity contribution in [2.45, 2.75) is 6.54 Å². The molecule has 0 radical (unpaired) electrons. The minimum Gasteiger partial charge on any atom is -0.297 e. The zero-order valence-electron chi connectivity index (χ0n) is 9.36. The molecule has 0 bridgehead atoms. The molecule has 1 saturated heterocycles. The van der Waals surface area contributed by atoms with Gasteiger partial charge in [0.2, 0.25) is 0 Å². The van der Waals surface area contributed by atoms with Crippen LogP contribution >= 0.6 is 0 Å². The minimum absolute atomic E-state index is 0.337. The van der Waals surface area contributed by atoms with Gasteiger partial charge in [0.05, 0.1) is 11.6 Å². The van der Waals surface area contributed by atoms with Gasteiger partial charge < -0.3 is 0 Å². The molecule has 90 valence electrons. The van der Waals surface area contributed by atoms with Gasteiger partial charge in [-0.05, 0) is 12.1 Å². The number of halogens is 1. The summed E-state index contributed by atoms with van der Waals surface area (Å²) in [6.45, 7) is 2.01. The van der Waals surface area contributed by atoms with Crippen molar-refractivity contribution in [1.29, 1.82) is 5.26 Å². The molecule has 2 rings (SSSR count). The van der Waals surface area contributed by atoms with Crippen LogP contribution in [0.1, 0.15) is 11.1 Å². The van der Waals surface area contributed by atoms with E-state index in [9.17, 15) is 8.60 Å². The van der Waals surface area contributed by atoms with Crippen LogP contribution in [0.5, 0.6) is 0 Å². The molecule has 0 N–H and O–H groups in total. The lowest BCUT2D eigenvalue weighted by molar-refractivity contribution is 0.287. The minimum atomic E-state index is -0.708. The third-order valence-corrected chi connectivity index (χ3v) is 4.12. The highest BCUT2D eigenvalue weighted by Crippen LogP contribution is 2.13.